The Labute approximate surface area is 212 Å². The van der Waals surface area contributed by atoms with Gasteiger partial charge in [0.1, 0.15) is 16.5 Å². The molecule has 0 fully saturated rings. The molecule has 0 saturated carbocycles. The van der Waals surface area contributed by atoms with E-state index in [1.54, 1.807) is 18.0 Å². The molecule has 0 atom stereocenters. The Hall–Kier alpha value is -2.33. The standard InChI is InChI=1S/C23H29ClN4O4S.ClH/c1-27(14-10-17-4-6-18(7-5-17)23-25-12-13-26-23)22(29)11-15-28(2)33(30,31)21-16-19(24)8-9-20(21)32-3;/h4-9,16H,10-15H2,1-3H3,(H,25,26);1H. The molecule has 1 aliphatic rings. The highest BCUT2D eigenvalue weighted by Crippen LogP contribution is 2.29. The largest absolute Gasteiger partial charge is 0.495 e. The van der Waals surface area contributed by atoms with Crippen molar-refractivity contribution in [2.45, 2.75) is 17.7 Å². The molecule has 34 heavy (non-hydrogen) atoms. The van der Waals surface area contributed by atoms with Gasteiger partial charge in [0.25, 0.3) is 0 Å². The predicted octanol–water partition coefficient (Wildman–Crippen LogP) is 2.83. The first-order chi connectivity index (χ1) is 15.7. The lowest BCUT2D eigenvalue weighted by Gasteiger charge is -2.21. The minimum absolute atomic E-state index is 0. The second-order valence-electron chi connectivity index (χ2n) is 7.79. The molecule has 2 aromatic carbocycles. The molecule has 0 radical (unpaired) electrons. The van der Waals surface area contributed by atoms with E-state index in [-0.39, 0.29) is 41.9 Å². The smallest absolute Gasteiger partial charge is 0.246 e. The van der Waals surface area contributed by atoms with Crippen molar-refractivity contribution in [1.29, 1.82) is 0 Å². The topological polar surface area (TPSA) is 91.3 Å². The van der Waals surface area contributed by atoms with E-state index in [2.05, 4.69) is 10.3 Å². The molecule has 0 aromatic heterocycles. The number of hydrogen-bond donors (Lipinski definition) is 1. The lowest BCUT2D eigenvalue weighted by atomic mass is 10.1. The molecular weight excluding hydrogens is 499 g/mol. The Morgan fingerprint density at radius 2 is 1.85 bits per heavy atom. The quantitative estimate of drug-likeness (QED) is 0.511. The van der Waals surface area contributed by atoms with Crippen LogP contribution in [0, 0.1) is 0 Å². The van der Waals surface area contributed by atoms with Crippen molar-refractivity contribution in [1.82, 2.24) is 14.5 Å². The summed E-state index contributed by atoms with van der Waals surface area (Å²) in [5, 5.41) is 3.54. The minimum atomic E-state index is -3.85. The summed E-state index contributed by atoms with van der Waals surface area (Å²) >= 11 is 5.97. The van der Waals surface area contributed by atoms with Crippen LogP contribution in [0.15, 0.2) is 52.4 Å². The van der Waals surface area contributed by atoms with E-state index in [4.69, 9.17) is 16.3 Å². The SMILES string of the molecule is COc1ccc(Cl)cc1S(=O)(=O)N(C)CCC(=O)N(C)CCc1ccc(C2=NCCN2)cc1.Cl. The second kappa shape index (κ2) is 12.4. The summed E-state index contributed by atoms with van der Waals surface area (Å²) in [4.78, 5) is 18.6. The molecule has 0 bridgehead atoms. The Balaban J connectivity index is 0.00000408. The average molecular weight is 529 g/mol. The summed E-state index contributed by atoms with van der Waals surface area (Å²) in [6, 6.07) is 12.5. The van der Waals surface area contributed by atoms with Gasteiger partial charge in [-0.3, -0.25) is 9.79 Å². The fourth-order valence-corrected chi connectivity index (χ4v) is 5.01. The zero-order chi connectivity index (χ0) is 24.0. The van der Waals surface area contributed by atoms with E-state index in [0.717, 1.165) is 34.4 Å². The summed E-state index contributed by atoms with van der Waals surface area (Å²) in [6.45, 7) is 2.25. The van der Waals surface area contributed by atoms with Crippen LogP contribution in [0.4, 0.5) is 0 Å². The Kier molecular flexibility index (Phi) is 10.2. The van der Waals surface area contributed by atoms with Crippen molar-refractivity contribution in [2.75, 3.05) is 47.4 Å². The number of aliphatic imine (C=N–C) groups is 1. The van der Waals surface area contributed by atoms with Crippen LogP contribution in [0.2, 0.25) is 5.02 Å². The van der Waals surface area contributed by atoms with E-state index in [0.29, 0.717) is 18.0 Å². The average Bonchev–Trinajstić information content (AvgIpc) is 3.36. The van der Waals surface area contributed by atoms with Crippen molar-refractivity contribution in [3.05, 3.63) is 58.6 Å². The highest BCUT2D eigenvalue weighted by molar-refractivity contribution is 7.89. The van der Waals surface area contributed by atoms with E-state index in [1.807, 2.05) is 24.3 Å². The van der Waals surface area contributed by atoms with Gasteiger partial charge in [0.15, 0.2) is 0 Å². The first kappa shape index (κ1) is 27.9. The number of methoxy groups -OCH3 is 1. The van der Waals surface area contributed by atoms with Gasteiger partial charge in [-0.05, 0) is 30.2 Å². The van der Waals surface area contributed by atoms with Gasteiger partial charge in [0.05, 0.1) is 13.7 Å². The molecule has 0 unspecified atom stereocenters. The van der Waals surface area contributed by atoms with Crippen molar-refractivity contribution in [3.8, 4) is 5.75 Å². The summed E-state index contributed by atoms with van der Waals surface area (Å²) in [5.41, 5.74) is 2.17. The molecule has 11 heteroatoms. The molecule has 1 heterocycles. The lowest BCUT2D eigenvalue weighted by molar-refractivity contribution is -0.129. The van der Waals surface area contributed by atoms with Gasteiger partial charge in [0, 0.05) is 50.7 Å². The molecule has 186 valence electrons. The fraction of sp³-hybridized carbons (Fsp3) is 0.391. The number of carbonyl (C=O) groups excluding carboxylic acids is 1. The maximum Gasteiger partial charge on any atom is 0.246 e. The Bertz CT molecular complexity index is 1120. The van der Waals surface area contributed by atoms with Crippen LogP contribution in [0.1, 0.15) is 17.5 Å². The zero-order valence-electron chi connectivity index (χ0n) is 19.5. The van der Waals surface area contributed by atoms with Crippen LogP contribution in [0.5, 0.6) is 5.75 Å². The number of likely N-dealkylation sites (N-methyl/N-ethyl adjacent to an activating group) is 1. The fourth-order valence-electron chi connectivity index (χ4n) is 3.43. The number of halogens is 2. The molecule has 3 rings (SSSR count). The number of carbonyl (C=O) groups is 1. The third-order valence-electron chi connectivity index (χ3n) is 5.52. The monoisotopic (exact) mass is 528 g/mol. The zero-order valence-corrected chi connectivity index (χ0v) is 21.8. The van der Waals surface area contributed by atoms with E-state index in [9.17, 15) is 13.2 Å². The summed E-state index contributed by atoms with van der Waals surface area (Å²) in [5.74, 6) is 0.996. The molecule has 1 amide bonds. The van der Waals surface area contributed by atoms with Gasteiger partial charge in [0.2, 0.25) is 15.9 Å². The number of nitrogens with one attached hydrogen (secondary N) is 1. The van der Waals surface area contributed by atoms with Gasteiger partial charge in [-0.2, -0.15) is 0 Å². The number of hydrogen-bond acceptors (Lipinski definition) is 6. The molecule has 8 nitrogen and oxygen atoms in total. The third-order valence-corrected chi connectivity index (χ3v) is 7.63. The first-order valence-corrected chi connectivity index (χ1v) is 12.5. The van der Waals surface area contributed by atoms with Crippen molar-refractivity contribution >= 4 is 45.8 Å². The van der Waals surface area contributed by atoms with Crippen molar-refractivity contribution < 1.29 is 17.9 Å². The molecule has 2 aromatic rings. The van der Waals surface area contributed by atoms with Crippen LogP contribution in [-0.2, 0) is 21.2 Å². The summed E-state index contributed by atoms with van der Waals surface area (Å²) in [7, 11) is 0.706. The van der Waals surface area contributed by atoms with Crippen LogP contribution < -0.4 is 10.1 Å². The predicted molar refractivity (Wildman–Crippen MR) is 137 cm³/mol. The number of rotatable bonds is 10. The number of sulfonamides is 1. The number of ether oxygens (including phenoxy) is 1. The van der Waals surface area contributed by atoms with Crippen LogP contribution in [-0.4, -0.2) is 76.7 Å². The number of nitrogens with zero attached hydrogens (tertiary/aromatic N) is 3. The van der Waals surface area contributed by atoms with Gasteiger partial charge in [-0.15, -0.1) is 12.4 Å². The maximum absolute atomic E-state index is 12.9. The maximum atomic E-state index is 12.9. The van der Waals surface area contributed by atoms with Crippen LogP contribution in [0.25, 0.3) is 0 Å². The normalized spacial score (nSPS) is 13.1. The second-order valence-corrected chi connectivity index (χ2v) is 10.2. The Morgan fingerprint density at radius 1 is 1.15 bits per heavy atom. The molecule has 1 N–H and O–H groups in total. The van der Waals surface area contributed by atoms with Gasteiger partial charge >= 0.3 is 0 Å². The van der Waals surface area contributed by atoms with Gasteiger partial charge < -0.3 is 15.0 Å². The molecule has 1 aliphatic heterocycles. The molecule has 0 spiro atoms. The first-order valence-electron chi connectivity index (χ1n) is 10.6. The molecule has 0 aliphatic carbocycles. The molecule has 0 saturated heterocycles. The minimum Gasteiger partial charge on any atom is -0.495 e. The Morgan fingerprint density at radius 3 is 2.47 bits per heavy atom. The highest BCUT2D eigenvalue weighted by Gasteiger charge is 2.26. The van der Waals surface area contributed by atoms with Gasteiger partial charge in [-0.1, -0.05) is 35.9 Å². The number of amidine groups is 1. The summed E-state index contributed by atoms with van der Waals surface area (Å²) < 4.78 is 32.2. The van der Waals surface area contributed by atoms with Gasteiger partial charge in [-0.25, -0.2) is 12.7 Å². The van der Waals surface area contributed by atoms with Crippen molar-refractivity contribution in [3.63, 3.8) is 0 Å². The van der Waals surface area contributed by atoms with Crippen LogP contribution in [0.3, 0.4) is 0 Å². The summed E-state index contributed by atoms with van der Waals surface area (Å²) in [6.07, 6.45) is 0.774. The van der Waals surface area contributed by atoms with Crippen molar-refractivity contribution in [2.24, 2.45) is 4.99 Å². The van der Waals surface area contributed by atoms with E-state index < -0.39 is 10.0 Å². The third kappa shape index (κ3) is 6.85. The highest BCUT2D eigenvalue weighted by atomic mass is 35.5. The van der Waals surface area contributed by atoms with Crippen LogP contribution >= 0.6 is 24.0 Å². The van der Waals surface area contributed by atoms with E-state index >= 15 is 0 Å². The lowest BCUT2D eigenvalue weighted by Crippen LogP contribution is -2.34. The van der Waals surface area contributed by atoms with E-state index in [1.165, 1.54) is 26.3 Å². The number of benzene rings is 2. The number of amides is 1. The molecular formula is C23H30Cl2N4O4S.